The minimum atomic E-state index is -3.31. The predicted octanol–water partition coefficient (Wildman–Crippen LogP) is 1.09. The molecule has 1 fully saturated rings. The molecule has 1 aliphatic rings. The molecule has 1 N–H and O–H groups in total. The summed E-state index contributed by atoms with van der Waals surface area (Å²) in [4.78, 5) is 25.2. The molecule has 10 heteroatoms. The zero-order valence-electron chi connectivity index (χ0n) is 12.6. The lowest BCUT2D eigenvalue weighted by Crippen LogP contribution is -2.56. The van der Waals surface area contributed by atoms with Crippen LogP contribution in [0.15, 0.2) is 12.4 Å². The van der Waals surface area contributed by atoms with Gasteiger partial charge in [0, 0.05) is 39.5 Å². The van der Waals surface area contributed by atoms with Crippen LogP contribution in [0.5, 0.6) is 0 Å². The lowest BCUT2D eigenvalue weighted by atomic mass is 10.2. The number of esters is 1. The van der Waals surface area contributed by atoms with Crippen LogP contribution < -0.4 is 5.32 Å². The number of carbonyl (C=O) groups is 2. The summed E-state index contributed by atoms with van der Waals surface area (Å²) in [6.45, 7) is 4.89. The molecule has 1 rings (SSSR count). The molecule has 1 atom stereocenters. The highest BCUT2D eigenvalue weighted by molar-refractivity contribution is 7.81. The van der Waals surface area contributed by atoms with Crippen molar-refractivity contribution in [3.8, 4) is 0 Å². The fraction of sp³-hybridized carbons (Fsp3) is 0.692. The number of thiol groups is 1. The Morgan fingerprint density at radius 1 is 1.35 bits per heavy atom. The third-order valence-electron chi connectivity index (χ3n) is 3.08. The summed E-state index contributed by atoms with van der Waals surface area (Å²) in [5, 5.41) is -0.296. The molecule has 6 nitrogen and oxygen atoms in total. The summed E-state index contributed by atoms with van der Waals surface area (Å²) in [5.41, 5.74) is 0. The summed E-state index contributed by atoms with van der Waals surface area (Å²) >= 11 is 3.04. The largest absolute Gasteiger partial charge is 0.418 e. The van der Waals surface area contributed by atoms with Gasteiger partial charge in [0.25, 0.3) is 16.9 Å². The Labute approximate surface area is 137 Å². The molecule has 0 aliphatic carbocycles. The van der Waals surface area contributed by atoms with Crippen LogP contribution in [0.4, 0.5) is 13.2 Å². The molecule has 0 saturated carbocycles. The van der Waals surface area contributed by atoms with E-state index < -0.39 is 41.8 Å². The van der Waals surface area contributed by atoms with Crippen molar-refractivity contribution in [1.82, 2.24) is 10.2 Å². The van der Waals surface area contributed by atoms with E-state index in [0.29, 0.717) is 26.2 Å². The van der Waals surface area contributed by atoms with Crippen molar-refractivity contribution in [2.75, 3.05) is 32.8 Å². The van der Waals surface area contributed by atoms with Crippen molar-refractivity contribution in [2.24, 2.45) is 0 Å². The summed E-state index contributed by atoms with van der Waals surface area (Å²) < 4.78 is 48.1. The number of alkyl halides is 2. The Bertz CT molecular complexity index is 467. The molecule has 0 aromatic rings. The van der Waals surface area contributed by atoms with Crippen LogP contribution in [-0.2, 0) is 19.1 Å². The second-order valence-electron chi connectivity index (χ2n) is 5.05. The van der Waals surface area contributed by atoms with Gasteiger partial charge in [-0.15, -0.1) is 12.6 Å². The van der Waals surface area contributed by atoms with Gasteiger partial charge in [0.05, 0.1) is 6.61 Å². The zero-order chi connectivity index (χ0) is 17.7. The Kier molecular flexibility index (Phi) is 6.90. The van der Waals surface area contributed by atoms with Crippen molar-refractivity contribution in [2.45, 2.75) is 24.4 Å². The van der Waals surface area contributed by atoms with Gasteiger partial charge in [-0.3, -0.25) is 4.79 Å². The lowest BCUT2D eigenvalue weighted by Gasteiger charge is -2.35. The minimum absolute atomic E-state index is 0.314. The van der Waals surface area contributed by atoms with E-state index in [0.717, 1.165) is 6.92 Å². The van der Waals surface area contributed by atoms with Crippen LogP contribution in [0.3, 0.4) is 0 Å². The van der Waals surface area contributed by atoms with E-state index >= 15 is 0 Å². The average molecular weight is 356 g/mol. The standard InChI is InChI=1S/C13H19F3N2O4S/c1-9(14)10(19)22-12(2,21-8-3-13(15,16)23)11(20)18-6-4-17-5-7-18/h17,23H,1,3-8H2,2H3. The highest BCUT2D eigenvalue weighted by atomic mass is 32.1. The maximum absolute atomic E-state index is 12.9. The number of hydrogen-bond acceptors (Lipinski definition) is 6. The first-order chi connectivity index (χ1) is 10.6. The van der Waals surface area contributed by atoms with Crippen LogP contribution in [0, 0.1) is 0 Å². The quantitative estimate of drug-likeness (QED) is 0.309. The predicted molar refractivity (Wildman–Crippen MR) is 78.7 cm³/mol. The number of amides is 1. The van der Waals surface area contributed by atoms with Gasteiger partial charge < -0.3 is 19.7 Å². The second kappa shape index (κ2) is 8.02. The minimum Gasteiger partial charge on any atom is -0.418 e. The molecule has 132 valence electrons. The van der Waals surface area contributed by atoms with E-state index in [4.69, 9.17) is 9.47 Å². The van der Waals surface area contributed by atoms with Crippen LogP contribution >= 0.6 is 12.6 Å². The average Bonchev–Trinajstić information content (AvgIpc) is 2.45. The van der Waals surface area contributed by atoms with E-state index in [1.807, 2.05) is 0 Å². The summed E-state index contributed by atoms with van der Waals surface area (Å²) in [5.74, 6) is -5.89. The molecule has 1 heterocycles. The lowest BCUT2D eigenvalue weighted by molar-refractivity contribution is -0.229. The van der Waals surface area contributed by atoms with Gasteiger partial charge >= 0.3 is 5.97 Å². The highest BCUT2D eigenvalue weighted by Gasteiger charge is 2.43. The molecule has 1 saturated heterocycles. The Hall–Kier alpha value is -1.26. The third kappa shape index (κ3) is 6.40. The summed E-state index contributed by atoms with van der Waals surface area (Å²) in [6, 6.07) is 0. The normalized spacial score (nSPS) is 18.2. The van der Waals surface area contributed by atoms with Crippen molar-refractivity contribution >= 4 is 24.5 Å². The van der Waals surface area contributed by atoms with Gasteiger partial charge in [-0.05, 0) is 0 Å². The van der Waals surface area contributed by atoms with Crippen LogP contribution in [0.25, 0.3) is 0 Å². The van der Waals surface area contributed by atoms with Crippen molar-refractivity contribution in [3.05, 3.63) is 12.4 Å². The van der Waals surface area contributed by atoms with Gasteiger partial charge in [0.15, 0.2) is 0 Å². The number of hydrogen-bond donors (Lipinski definition) is 2. The topological polar surface area (TPSA) is 67.9 Å². The monoisotopic (exact) mass is 356 g/mol. The van der Waals surface area contributed by atoms with Gasteiger partial charge in [0.1, 0.15) is 0 Å². The van der Waals surface area contributed by atoms with E-state index in [9.17, 15) is 22.8 Å². The SMILES string of the molecule is C=C(F)C(=O)OC(C)(OCCC(F)(F)S)C(=O)N1CCNCC1. The first kappa shape index (κ1) is 19.8. The van der Waals surface area contributed by atoms with Gasteiger partial charge in [-0.2, -0.15) is 13.2 Å². The summed E-state index contributed by atoms with van der Waals surface area (Å²) in [6.07, 6.45) is -0.811. The first-order valence-corrected chi connectivity index (χ1v) is 7.32. The van der Waals surface area contributed by atoms with Crippen molar-refractivity contribution in [1.29, 1.82) is 0 Å². The maximum Gasteiger partial charge on any atom is 0.369 e. The second-order valence-corrected chi connectivity index (χ2v) is 5.70. The number of nitrogens with one attached hydrogen (secondary N) is 1. The molecule has 0 aromatic carbocycles. The van der Waals surface area contributed by atoms with Crippen molar-refractivity contribution in [3.63, 3.8) is 0 Å². The van der Waals surface area contributed by atoms with Crippen LogP contribution in [0.1, 0.15) is 13.3 Å². The first-order valence-electron chi connectivity index (χ1n) is 6.87. The molecule has 1 amide bonds. The number of rotatable bonds is 7. The smallest absolute Gasteiger partial charge is 0.369 e. The molecule has 1 unspecified atom stereocenters. The molecule has 0 spiro atoms. The number of halogens is 3. The van der Waals surface area contributed by atoms with E-state index in [-0.39, 0.29) is 0 Å². The zero-order valence-corrected chi connectivity index (χ0v) is 13.5. The fourth-order valence-electron chi connectivity index (χ4n) is 1.89. The Morgan fingerprint density at radius 3 is 2.39 bits per heavy atom. The number of carbonyl (C=O) groups excluding carboxylic acids is 2. The Balaban J connectivity index is 2.83. The summed E-state index contributed by atoms with van der Waals surface area (Å²) in [7, 11) is 0. The fourth-order valence-corrected chi connectivity index (χ4v) is 1.98. The number of piperazine rings is 1. The molecular formula is C13H19F3N2O4S. The molecule has 0 aromatic heterocycles. The Morgan fingerprint density at radius 2 is 1.91 bits per heavy atom. The van der Waals surface area contributed by atoms with Gasteiger partial charge in [0.2, 0.25) is 5.83 Å². The maximum atomic E-state index is 12.9. The highest BCUT2D eigenvalue weighted by Crippen LogP contribution is 2.25. The molecule has 0 radical (unpaired) electrons. The number of nitrogens with zero attached hydrogens (tertiary/aromatic N) is 1. The van der Waals surface area contributed by atoms with Crippen LogP contribution in [0.2, 0.25) is 0 Å². The van der Waals surface area contributed by atoms with Crippen LogP contribution in [-0.4, -0.2) is 60.6 Å². The molecule has 0 bridgehead atoms. The van der Waals surface area contributed by atoms with E-state index in [1.54, 1.807) is 0 Å². The molecule has 23 heavy (non-hydrogen) atoms. The third-order valence-corrected chi connectivity index (χ3v) is 3.31. The van der Waals surface area contributed by atoms with Crippen molar-refractivity contribution < 1.29 is 32.2 Å². The number of ether oxygens (including phenoxy) is 2. The van der Waals surface area contributed by atoms with E-state index in [1.165, 1.54) is 4.90 Å². The van der Waals surface area contributed by atoms with Gasteiger partial charge in [-0.1, -0.05) is 6.58 Å². The van der Waals surface area contributed by atoms with Gasteiger partial charge in [-0.25, -0.2) is 4.79 Å². The van der Waals surface area contributed by atoms with E-state index in [2.05, 4.69) is 24.5 Å². The molecule has 1 aliphatic heterocycles. The molecular weight excluding hydrogens is 337 g/mol.